The van der Waals surface area contributed by atoms with Crippen LogP contribution in [0.1, 0.15) is 50.2 Å². The largest absolute Gasteiger partial charge is 0.494 e. The molecule has 0 bridgehead atoms. The molecule has 0 heterocycles. The van der Waals surface area contributed by atoms with Gasteiger partial charge in [0.25, 0.3) is 0 Å². The molecule has 7 heteroatoms. The van der Waals surface area contributed by atoms with Gasteiger partial charge in [0.2, 0.25) is 15.9 Å². The summed E-state index contributed by atoms with van der Waals surface area (Å²) in [6.45, 7) is 4.19. The molecule has 3 rings (SSSR count). The average molecular weight is 445 g/mol. The Morgan fingerprint density at radius 2 is 1.81 bits per heavy atom. The van der Waals surface area contributed by atoms with E-state index in [4.69, 9.17) is 4.74 Å². The minimum atomic E-state index is -3.89. The number of aryl methyl sites for hydroxylation is 1. The zero-order chi connectivity index (χ0) is 22.3. The molecule has 1 aliphatic rings. The molecule has 0 spiro atoms. The molecule has 1 amide bonds. The molecule has 1 aliphatic carbocycles. The van der Waals surface area contributed by atoms with Crippen molar-refractivity contribution in [2.24, 2.45) is 0 Å². The Bertz CT molecular complexity index is 970. The lowest BCUT2D eigenvalue weighted by Gasteiger charge is -2.26. The summed E-state index contributed by atoms with van der Waals surface area (Å²) in [6.07, 6.45) is 5.53. The van der Waals surface area contributed by atoms with Crippen LogP contribution in [0.2, 0.25) is 0 Å². The summed E-state index contributed by atoms with van der Waals surface area (Å²) in [5, 5.41) is 3.06. The first-order valence-corrected chi connectivity index (χ1v) is 12.5. The van der Waals surface area contributed by atoms with E-state index in [0.29, 0.717) is 12.4 Å². The van der Waals surface area contributed by atoms with E-state index >= 15 is 0 Å². The number of nitrogens with one attached hydrogen (secondary N) is 2. The number of sulfonamides is 1. The maximum absolute atomic E-state index is 13.1. The van der Waals surface area contributed by atoms with Gasteiger partial charge in [-0.2, -0.15) is 4.72 Å². The van der Waals surface area contributed by atoms with Crippen molar-refractivity contribution in [3.8, 4) is 5.75 Å². The summed E-state index contributed by atoms with van der Waals surface area (Å²) in [5.74, 6) is 0.374. The van der Waals surface area contributed by atoms with Crippen molar-refractivity contribution < 1.29 is 17.9 Å². The van der Waals surface area contributed by atoms with Gasteiger partial charge in [-0.1, -0.05) is 49.6 Å². The summed E-state index contributed by atoms with van der Waals surface area (Å²) in [6, 6.07) is 13.4. The maximum atomic E-state index is 13.1. The molecule has 0 saturated heterocycles. The highest BCUT2D eigenvalue weighted by Gasteiger charge is 2.28. The van der Waals surface area contributed by atoms with Gasteiger partial charge in [0.05, 0.1) is 11.5 Å². The molecular weight excluding hydrogens is 412 g/mol. The average Bonchev–Trinajstić information content (AvgIpc) is 2.76. The van der Waals surface area contributed by atoms with Crippen molar-refractivity contribution in [1.29, 1.82) is 0 Å². The summed E-state index contributed by atoms with van der Waals surface area (Å²) in [4.78, 5) is 13.2. The van der Waals surface area contributed by atoms with Crippen LogP contribution in [0.4, 0.5) is 0 Å². The van der Waals surface area contributed by atoms with Gasteiger partial charge < -0.3 is 10.1 Å². The number of hydrogen-bond donors (Lipinski definition) is 2. The Morgan fingerprint density at radius 3 is 2.45 bits per heavy atom. The van der Waals surface area contributed by atoms with E-state index in [1.54, 1.807) is 19.1 Å². The fourth-order valence-corrected chi connectivity index (χ4v) is 5.23. The predicted octanol–water partition coefficient (Wildman–Crippen LogP) is 3.73. The molecule has 6 nitrogen and oxygen atoms in total. The number of rotatable bonds is 9. The summed E-state index contributed by atoms with van der Waals surface area (Å²) < 4.78 is 34.4. The van der Waals surface area contributed by atoms with Crippen LogP contribution in [0, 0.1) is 6.92 Å². The van der Waals surface area contributed by atoms with E-state index < -0.39 is 16.1 Å². The smallest absolute Gasteiger partial charge is 0.241 e. The van der Waals surface area contributed by atoms with Crippen molar-refractivity contribution in [2.75, 3.05) is 6.61 Å². The second-order valence-electron chi connectivity index (χ2n) is 8.07. The molecule has 168 valence electrons. The van der Waals surface area contributed by atoms with Gasteiger partial charge in [0.1, 0.15) is 11.8 Å². The van der Waals surface area contributed by atoms with Crippen LogP contribution >= 0.6 is 0 Å². The van der Waals surface area contributed by atoms with Crippen molar-refractivity contribution in [3.63, 3.8) is 0 Å². The molecule has 2 N–H and O–H groups in total. The number of benzene rings is 2. The monoisotopic (exact) mass is 444 g/mol. The summed E-state index contributed by atoms with van der Waals surface area (Å²) in [7, 11) is -3.89. The van der Waals surface area contributed by atoms with Gasteiger partial charge >= 0.3 is 0 Å². The maximum Gasteiger partial charge on any atom is 0.241 e. The van der Waals surface area contributed by atoms with Gasteiger partial charge in [0, 0.05) is 6.04 Å². The van der Waals surface area contributed by atoms with E-state index in [2.05, 4.69) is 10.0 Å². The van der Waals surface area contributed by atoms with Gasteiger partial charge in [0.15, 0.2) is 0 Å². The Labute approximate surface area is 185 Å². The minimum absolute atomic E-state index is 0.108. The lowest BCUT2D eigenvalue weighted by Crippen LogP contribution is -2.50. The Kier molecular flexibility index (Phi) is 8.09. The van der Waals surface area contributed by atoms with E-state index in [1.165, 1.54) is 12.5 Å². The Morgan fingerprint density at radius 1 is 1.10 bits per heavy atom. The number of carbonyl (C=O) groups excluding carboxylic acids is 1. The second-order valence-corrected chi connectivity index (χ2v) is 9.78. The van der Waals surface area contributed by atoms with Gasteiger partial charge in [-0.25, -0.2) is 8.42 Å². The third kappa shape index (κ3) is 6.55. The van der Waals surface area contributed by atoms with Crippen molar-refractivity contribution in [2.45, 2.75) is 69.4 Å². The van der Waals surface area contributed by atoms with Crippen LogP contribution in [0.25, 0.3) is 0 Å². The molecule has 1 fully saturated rings. The molecule has 0 radical (unpaired) electrons. The van der Waals surface area contributed by atoms with Crippen molar-refractivity contribution >= 4 is 15.9 Å². The van der Waals surface area contributed by atoms with Gasteiger partial charge in [-0.05, 0) is 62.4 Å². The van der Waals surface area contributed by atoms with Crippen LogP contribution < -0.4 is 14.8 Å². The number of carbonyl (C=O) groups is 1. The standard InChI is InChI=1S/C24H32N2O4S/c1-3-30-23-15-14-21(16-18(23)2)31(28,29)26-22(17-19-10-6-4-7-11-19)24(27)25-20-12-8-5-9-13-20/h4,6-7,10-11,14-16,20,22,26H,3,5,8-9,12-13,17H2,1-2H3,(H,25,27)/t22-/m1/s1. The van der Waals surface area contributed by atoms with E-state index in [1.807, 2.05) is 37.3 Å². The highest BCUT2D eigenvalue weighted by molar-refractivity contribution is 7.89. The van der Waals surface area contributed by atoms with Crippen LogP contribution in [-0.2, 0) is 21.2 Å². The lowest BCUT2D eigenvalue weighted by atomic mass is 9.95. The SMILES string of the molecule is CCOc1ccc(S(=O)(=O)N[C@H](Cc2ccccc2)C(=O)NC2CCCCC2)cc1C. The Balaban J connectivity index is 1.80. The minimum Gasteiger partial charge on any atom is -0.494 e. The normalized spacial score (nSPS) is 15.9. The zero-order valence-electron chi connectivity index (χ0n) is 18.3. The molecule has 31 heavy (non-hydrogen) atoms. The van der Waals surface area contributed by atoms with Crippen LogP contribution in [-0.4, -0.2) is 33.0 Å². The van der Waals surface area contributed by atoms with E-state index in [-0.39, 0.29) is 23.3 Å². The molecular formula is C24H32N2O4S. The topological polar surface area (TPSA) is 84.5 Å². The number of amides is 1. The molecule has 0 aliphatic heterocycles. The quantitative estimate of drug-likeness (QED) is 0.617. The molecule has 1 saturated carbocycles. The predicted molar refractivity (Wildman–Crippen MR) is 122 cm³/mol. The van der Waals surface area contributed by atoms with Gasteiger partial charge in [-0.15, -0.1) is 0 Å². The number of ether oxygens (including phenoxy) is 1. The second kappa shape index (κ2) is 10.8. The highest BCUT2D eigenvalue weighted by atomic mass is 32.2. The molecule has 2 aromatic carbocycles. The first-order valence-electron chi connectivity index (χ1n) is 11.0. The third-order valence-corrected chi connectivity index (χ3v) is 7.07. The number of hydrogen-bond acceptors (Lipinski definition) is 4. The highest BCUT2D eigenvalue weighted by Crippen LogP contribution is 2.22. The first-order chi connectivity index (χ1) is 14.9. The van der Waals surface area contributed by atoms with Crippen LogP contribution in [0.5, 0.6) is 5.75 Å². The molecule has 0 unspecified atom stereocenters. The molecule has 2 aromatic rings. The third-order valence-electron chi connectivity index (χ3n) is 5.60. The zero-order valence-corrected chi connectivity index (χ0v) is 19.1. The summed E-state index contributed by atoms with van der Waals surface area (Å²) >= 11 is 0. The fourth-order valence-electron chi connectivity index (χ4n) is 3.95. The molecule has 1 atom stereocenters. The van der Waals surface area contributed by atoms with E-state index in [0.717, 1.165) is 36.8 Å². The fraction of sp³-hybridized carbons (Fsp3) is 0.458. The first kappa shape index (κ1) is 23.3. The van der Waals surface area contributed by atoms with Crippen molar-refractivity contribution in [1.82, 2.24) is 10.0 Å². The lowest BCUT2D eigenvalue weighted by molar-refractivity contribution is -0.123. The van der Waals surface area contributed by atoms with Crippen LogP contribution in [0.3, 0.4) is 0 Å². The molecule has 0 aromatic heterocycles. The van der Waals surface area contributed by atoms with Crippen LogP contribution in [0.15, 0.2) is 53.4 Å². The Hall–Kier alpha value is -2.38. The summed E-state index contributed by atoms with van der Waals surface area (Å²) in [5.41, 5.74) is 1.63. The van der Waals surface area contributed by atoms with E-state index in [9.17, 15) is 13.2 Å². The van der Waals surface area contributed by atoms with Gasteiger partial charge in [-0.3, -0.25) is 4.79 Å². The van der Waals surface area contributed by atoms with Crippen molar-refractivity contribution in [3.05, 3.63) is 59.7 Å².